The molecule has 4 heterocycles. The normalized spacial score (nSPS) is 15.6. The first-order chi connectivity index (χ1) is 14.0. The van der Waals surface area contributed by atoms with E-state index >= 15 is 0 Å². The zero-order valence-corrected chi connectivity index (χ0v) is 17.7. The van der Waals surface area contributed by atoms with Gasteiger partial charge in [0.2, 0.25) is 0 Å². The molecule has 0 atom stereocenters. The van der Waals surface area contributed by atoms with Gasteiger partial charge in [-0.05, 0) is 0 Å². The third-order valence-electron chi connectivity index (χ3n) is 4.14. The Morgan fingerprint density at radius 3 is 2.59 bits per heavy atom. The van der Waals surface area contributed by atoms with Crippen LogP contribution in [0.3, 0.4) is 0 Å². The molecular formula is C19H14N6O2SSe. The van der Waals surface area contributed by atoms with Crippen molar-refractivity contribution >= 4 is 65.8 Å². The standard InChI is InChI=1S/C19H14N6O2SSe/c1-24-18(27)14(17(26)23-19(24)28)10-13-2-3-16(29-13)25(12-4-7-20-8-5-12)15-6-9-21-11-22-15/h2-11H,1H3,(H,23,26,28)/b14-10+. The Bertz CT molecular complexity index is 1080. The van der Waals surface area contributed by atoms with Crippen molar-refractivity contribution < 1.29 is 9.59 Å². The molecule has 0 aliphatic carbocycles. The van der Waals surface area contributed by atoms with Crippen molar-refractivity contribution in [3.05, 3.63) is 65.3 Å². The summed E-state index contributed by atoms with van der Waals surface area (Å²) in [7, 11) is 1.54. The van der Waals surface area contributed by atoms with E-state index in [9.17, 15) is 9.59 Å². The molecule has 10 heteroatoms. The van der Waals surface area contributed by atoms with Crippen LogP contribution in [-0.2, 0) is 9.59 Å². The van der Waals surface area contributed by atoms with Crippen LogP contribution in [0.2, 0.25) is 0 Å². The number of thiocarbonyl (C=S) groups is 1. The van der Waals surface area contributed by atoms with Crippen LogP contribution in [0, 0.1) is 0 Å². The van der Waals surface area contributed by atoms with Gasteiger partial charge in [0.1, 0.15) is 0 Å². The number of pyridine rings is 1. The Kier molecular flexibility index (Phi) is 5.30. The molecule has 0 unspecified atom stereocenters. The minimum absolute atomic E-state index is 0.0707. The van der Waals surface area contributed by atoms with Gasteiger partial charge in [-0.25, -0.2) is 0 Å². The molecule has 0 radical (unpaired) electrons. The van der Waals surface area contributed by atoms with Gasteiger partial charge in [-0.3, -0.25) is 0 Å². The average molecular weight is 469 g/mol. The quantitative estimate of drug-likeness (QED) is 0.269. The molecule has 4 rings (SSSR count). The van der Waals surface area contributed by atoms with Gasteiger partial charge in [0.25, 0.3) is 0 Å². The van der Waals surface area contributed by atoms with Crippen molar-refractivity contribution in [3.63, 3.8) is 0 Å². The molecule has 2 amide bonds. The fraction of sp³-hybridized carbons (Fsp3) is 0.0526. The molecule has 3 aromatic heterocycles. The SMILES string of the molecule is CN1C(=O)/C(=C/c2ccc(N(c3ccncc3)c3ccncn3)[se]2)C(=O)NC1=S. The van der Waals surface area contributed by atoms with Crippen LogP contribution >= 0.6 is 12.2 Å². The van der Waals surface area contributed by atoms with Crippen molar-refractivity contribution in [1.82, 2.24) is 25.2 Å². The van der Waals surface area contributed by atoms with E-state index in [0.717, 1.165) is 20.5 Å². The minimum atomic E-state index is -0.481. The molecule has 0 spiro atoms. The number of nitrogens with one attached hydrogen (secondary N) is 1. The number of carbonyl (C=O) groups is 2. The number of anilines is 3. The van der Waals surface area contributed by atoms with Crippen molar-refractivity contribution in [2.24, 2.45) is 0 Å². The number of aromatic nitrogens is 3. The number of carbonyl (C=O) groups excluding carboxylic acids is 2. The molecular weight excluding hydrogens is 455 g/mol. The summed E-state index contributed by atoms with van der Waals surface area (Å²) in [6, 6.07) is 9.48. The summed E-state index contributed by atoms with van der Waals surface area (Å²) in [5, 5.41) is 2.63. The second-order valence-corrected chi connectivity index (χ2v) is 8.65. The molecule has 0 bridgehead atoms. The Labute approximate surface area is 177 Å². The number of hydrogen-bond acceptors (Lipinski definition) is 7. The van der Waals surface area contributed by atoms with Crippen LogP contribution in [0.25, 0.3) is 6.08 Å². The van der Waals surface area contributed by atoms with E-state index in [1.165, 1.54) is 18.3 Å². The van der Waals surface area contributed by atoms with Gasteiger partial charge in [-0.15, -0.1) is 0 Å². The van der Waals surface area contributed by atoms with E-state index < -0.39 is 11.8 Å². The molecule has 1 N–H and O–H groups in total. The molecule has 8 nitrogen and oxygen atoms in total. The molecule has 0 saturated carbocycles. The van der Waals surface area contributed by atoms with Gasteiger partial charge in [0.05, 0.1) is 0 Å². The van der Waals surface area contributed by atoms with Crippen molar-refractivity contribution in [2.45, 2.75) is 0 Å². The summed E-state index contributed by atoms with van der Waals surface area (Å²) >= 11 is 4.83. The summed E-state index contributed by atoms with van der Waals surface area (Å²) in [6.07, 6.45) is 8.23. The van der Waals surface area contributed by atoms with E-state index in [4.69, 9.17) is 12.2 Å². The van der Waals surface area contributed by atoms with Gasteiger partial charge < -0.3 is 0 Å². The van der Waals surface area contributed by atoms with Crippen LogP contribution in [-0.4, -0.2) is 58.3 Å². The molecule has 144 valence electrons. The van der Waals surface area contributed by atoms with Gasteiger partial charge >= 0.3 is 178 Å². The predicted octanol–water partition coefficient (Wildman–Crippen LogP) is 1.65. The van der Waals surface area contributed by atoms with Crippen LogP contribution in [0.15, 0.2) is 60.8 Å². The van der Waals surface area contributed by atoms with Crippen LogP contribution in [0.5, 0.6) is 0 Å². The third kappa shape index (κ3) is 3.86. The second-order valence-electron chi connectivity index (χ2n) is 5.97. The topological polar surface area (TPSA) is 91.3 Å². The van der Waals surface area contributed by atoms with Gasteiger partial charge in [-0.1, -0.05) is 0 Å². The number of nitrogens with zero attached hydrogens (tertiary/aromatic N) is 5. The average Bonchev–Trinajstić information content (AvgIpc) is 3.19. The molecule has 1 fully saturated rings. The van der Waals surface area contributed by atoms with E-state index in [1.807, 2.05) is 35.2 Å². The summed E-state index contributed by atoms with van der Waals surface area (Å²) in [4.78, 5) is 40.3. The summed E-state index contributed by atoms with van der Waals surface area (Å²) in [5.74, 6) is -0.172. The van der Waals surface area contributed by atoms with Crippen molar-refractivity contribution in [3.8, 4) is 0 Å². The van der Waals surface area contributed by atoms with E-state index in [2.05, 4.69) is 20.3 Å². The Hall–Kier alpha value is -3.20. The Morgan fingerprint density at radius 1 is 1.10 bits per heavy atom. The summed E-state index contributed by atoms with van der Waals surface area (Å²) < 4.78 is 1.89. The molecule has 1 saturated heterocycles. The van der Waals surface area contributed by atoms with Crippen LogP contribution in [0.4, 0.5) is 16.1 Å². The molecule has 29 heavy (non-hydrogen) atoms. The van der Waals surface area contributed by atoms with Crippen molar-refractivity contribution in [2.75, 3.05) is 11.9 Å². The van der Waals surface area contributed by atoms with E-state index in [1.54, 1.807) is 24.7 Å². The first kappa shape index (κ1) is 19.1. The Balaban J connectivity index is 1.72. The molecule has 1 aliphatic heterocycles. The summed E-state index contributed by atoms with van der Waals surface area (Å²) in [6.45, 7) is 0. The van der Waals surface area contributed by atoms with Crippen LogP contribution < -0.4 is 10.2 Å². The monoisotopic (exact) mass is 470 g/mol. The number of likely N-dealkylation sites (N-methyl/N-ethyl adjacent to an activating group) is 1. The zero-order valence-electron chi connectivity index (χ0n) is 15.1. The molecule has 3 aromatic rings. The third-order valence-corrected chi connectivity index (χ3v) is 6.65. The maximum atomic E-state index is 12.4. The fourth-order valence-corrected chi connectivity index (χ4v) is 4.94. The molecule has 1 aliphatic rings. The van der Waals surface area contributed by atoms with Gasteiger partial charge in [-0.2, -0.15) is 0 Å². The summed E-state index contributed by atoms with van der Waals surface area (Å²) in [5.41, 5.74) is 0.979. The Morgan fingerprint density at radius 2 is 1.86 bits per heavy atom. The number of hydrogen-bond donors (Lipinski definition) is 1. The van der Waals surface area contributed by atoms with E-state index in [-0.39, 0.29) is 25.2 Å². The number of amides is 2. The first-order valence-corrected chi connectivity index (χ1v) is 10.6. The van der Waals surface area contributed by atoms with Gasteiger partial charge in [0.15, 0.2) is 0 Å². The first-order valence-electron chi connectivity index (χ1n) is 8.45. The molecule has 0 aromatic carbocycles. The maximum absolute atomic E-state index is 12.4. The van der Waals surface area contributed by atoms with Gasteiger partial charge in [0, 0.05) is 0 Å². The second kappa shape index (κ2) is 8.04. The predicted molar refractivity (Wildman–Crippen MR) is 113 cm³/mol. The van der Waals surface area contributed by atoms with E-state index in [0.29, 0.717) is 0 Å². The zero-order chi connectivity index (χ0) is 20.4. The van der Waals surface area contributed by atoms with Crippen LogP contribution in [0.1, 0.15) is 4.44 Å². The fourth-order valence-electron chi connectivity index (χ4n) is 2.71. The van der Waals surface area contributed by atoms with Crippen molar-refractivity contribution in [1.29, 1.82) is 0 Å². The number of rotatable bonds is 4.